The Labute approximate surface area is 153 Å². The largest absolute Gasteiger partial charge is 0.496 e. The van der Waals surface area contributed by atoms with Crippen LogP contribution in [0.3, 0.4) is 0 Å². The van der Waals surface area contributed by atoms with Crippen molar-refractivity contribution in [2.75, 3.05) is 20.2 Å². The number of hydrogen-bond donors (Lipinski definition) is 0. The molecule has 138 valence electrons. The lowest BCUT2D eigenvalue weighted by Crippen LogP contribution is -2.48. The minimum atomic E-state index is 0.168. The molecule has 1 aliphatic heterocycles. The van der Waals surface area contributed by atoms with E-state index in [1.54, 1.807) is 7.11 Å². The third kappa shape index (κ3) is 3.59. The molecule has 0 bridgehead atoms. The fourth-order valence-electron chi connectivity index (χ4n) is 3.95. The molecule has 1 saturated heterocycles. The summed E-state index contributed by atoms with van der Waals surface area (Å²) in [6.45, 7) is 1.39. The predicted octanol–water partition coefficient (Wildman–Crippen LogP) is 3.18. The number of ether oxygens (including phenoxy) is 1. The highest BCUT2D eigenvalue weighted by atomic mass is 16.5. The molecule has 2 aromatic rings. The fourth-order valence-corrected chi connectivity index (χ4v) is 3.95. The van der Waals surface area contributed by atoms with Crippen molar-refractivity contribution in [2.45, 2.75) is 44.4 Å². The van der Waals surface area contributed by atoms with Crippen molar-refractivity contribution in [3.8, 4) is 5.75 Å². The highest BCUT2D eigenvalue weighted by molar-refractivity contribution is 5.77. The van der Waals surface area contributed by atoms with Crippen molar-refractivity contribution in [1.82, 2.24) is 15.0 Å². The number of aromatic nitrogens is 2. The van der Waals surface area contributed by atoms with Crippen molar-refractivity contribution in [3.63, 3.8) is 0 Å². The molecule has 1 aliphatic carbocycles. The quantitative estimate of drug-likeness (QED) is 0.796. The minimum absolute atomic E-state index is 0.168. The van der Waals surface area contributed by atoms with Gasteiger partial charge < -0.3 is 14.2 Å². The van der Waals surface area contributed by atoms with Gasteiger partial charge in [0.25, 0.3) is 0 Å². The average Bonchev–Trinajstić information content (AvgIpc) is 3.26. The van der Waals surface area contributed by atoms with E-state index < -0.39 is 0 Å². The summed E-state index contributed by atoms with van der Waals surface area (Å²) in [5, 5.41) is 4.10. The van der Waals surface area contributed by atoms with Crippen LogP contribution >= 0.6 is 0 Å². The normalized spacial score (nSPS) is 18.1. The molecule has 1 amide bonds. The number of carbonyl (C=O) groups excluding carboxylic acids is 1. The third-order valence-electron chi connectivity index (χ3n) is 5.55. The molecule has 0 atom stereocenters. The Hall–Kier alpha value is -2.37. The number of methoxy groups -OCH3 is 1. The second kappa shape index (κ2) is 7.48. The van der Waals surface area contributed by atoms with Gasteiger partial charge in [0.15, 0.2) is 5.82 Å². The second-order valence-electron chi connectivity index (χ2n) is 7.39. The van der Waals surface area contributed by atoms with Gasteiger partial charge in [0, 0.05) is 31.5 Å². The van der Waals surface area contributed by atoms with Gasteiger partial charge in [0.05, 0.1) is 13.0 Å². The molecule has 0 unspecified atom stereocenters. The molecule has 6 heteroatoms. The molecule has 0 spiro atoms. The molecule has 2 fully saturated rings. The Balaban J connectivity index is 1.31. The summed E-state index contributed by atoms with van der Waals surface area (Å²) in [6.07, 6.45) is 6.24. The number of benzene rings is 1. The van der Waals surface area contributed by atoms with Crippen molar-refractivity contribution < 1.29 is 14.1 Å². The second-order valence-corrected chi connectivity index (χ2v) is 7.39. The van der Waals surface area contributed by atoms with Gasteiger partial charge in [0.2, 0.25) is 11.8 Å². The number of carbonyl (C=O) groups is 1. The summed E-state index contributed by atoms with van der Waals surface area (Å²) in [5.74, 6) is 3.16. The predicted molar refractivity (Wildman–Crippen MR) is 96.0 cm³/mol. The van der Waals surface area contributed by atoms with Gasteiger partial charge in [-0.15, -0.1) is 0 Å². The summed E-state index contributed by atoms with van der Waals surface area (Å²) >= 11 is 0. The molecule has 6 nitrogen and oxygen atoms in total. The van der Waals surface area contributed by atoms with Crippen LogP contribution < -0.4 is 4.74 Å². The maximum Gasteiger partial charge on any atom is 0.233 e. The highest BCUT2D eigenvalue weighted by Crippen LogP contribution is 2.31. The molecule has 2 heterocycles. The summed E-state index contributed by atoms with van der Waals surface area (Å²) < 4.78 is 10.8. The first kappa shape index (κ1) is 17.1. The first-order chi connectivity index (χ1) is 12.7. The van der Waals surface area contributed by atoms with E-state index in [-0.39, 0.29) is 11.8 Å². The van der Waals surface area contributed by atoms with E-state index in [2.05, 4.69) is 10.1 Å². The zero-order valence-electron chi connectivity index (χ0n) is 15.2. The van der Waals surface area contributed by atoms with E-state index in [1.807, 2.05) is 29.2 Å². The van der Waals surface area contributed by atoms with Gasteiger partial charge in [-0.05, 0) is 24.8 Å². The van der Waals surface area contributed by atoms with Crippen LogP contribution in [-0.2, 0) is 11.2 Å². The number of likely N-dealkylation sites (tertiary alicyclic amines) is 1. The number of rotatable bonds is 6. The standard InChI is InChI=1S/C20H25N3O3/c1-25-17-9-5-4-8-15(17)11-18-21-20(26-22-18)16-12-23(13-16)19(24)10-14-6-2-3-7-14/h4-5,8-9,14,16H,2-3,6-7,10-13H2,1H3. The molecule has 1 saturated carbocycles. The molecule has 1 aromatic heterocycles. The summed E-state index contributed by atoms with van der Waals surface area (Å²) in [7, 11) is 1.66. The van der Waals surface area contributed by atoms with Gasteiger partial charge in [-0.25, -0.2) is 0 Å². The molecule has 0 radical (unpaired) electrons. The molecular formula is C20H25N3O3. The molecule has 4 rings (SSSR count). The summed E-state index contributed by atoms with van der Waals surface area (Å²) in [5.41, 5.74) is 1.03. The Morgan fingerprint density at radius 3 is 2.81 bits per heavy atom. The van der Waals surface area contributed by atoms with Crippen molar-refractivity contribution in [1.29, 1.82) is 0 Å². The van der Waals surface area contributed by atoms with Crippen LogP contribution in [0.2, 0.25) is 0 Å². The van der Waals surface area contributed by atoms with Crippen LogP contribution in [0.15, 0.2) is 28.8 Å². The van der Waals surface area contributed by atoms with Crippen LogP contribution in [0, 0.1) is 5.92 Å². The molecule has 26 heavy (non-hydrogen) atoms. The number of hydrogen-bond acceptors (Lipinski definition) is 5. The Morgan fingerprint density at radius 2 is 2.04 bits per heavy atom. The van der Waals surface area contributed by atoms with Crippen molar-refractivity contribution >= 4 is 5.91 Å². The van der Waals surface area contributed by atoms with Crippen molar-refractivity contribution in [2.24, 2.45) is 5.92 Å². The Morgan fingerprint density at radius 1 is 1.27 bits per heavy atom. The first-order valence-corrected chi connectivity index (χ1v) is 9.45. The average molecular weight is 355 g/mol. The van der Waals surface area contributed by atoms with Gasteiger partial charge in [-0.1, -0.05) is 36.2 Å². The van der Waals surface area contributed by atoms with E-state index in [4.69, 9.17) is 9.26 Å². The lowest BCUT2D eigenvalue weighted by molar-refractivity contribution is -0.137. The van der Waals surface area contributed by atoms with Gasteiger partial charge in [-0.3, -0.25) is 4.79 Å². The lowest BCUT2D eigenvalue weighted by Gasteiger charge is -2.37. The lowest BCUT2D eigenvalue weighted by atomic mass is 9.97. The van der Waals surface area contributed by atoms with Crippen LogP contribution in [0.25, 0.3) is 0 Å². The maximum absolute atomic E-state index is 12.3. The SMILES string of the molecule is COc1ccccc1Cc1noc(C2CN(C(=O)CC3CCCC3)C2)n1. The topological polar surface area (TPSA) is 68.5 Å². The Kier molecular flexibility index (Phi) is 4.91. The van der Waals surface area contributed by atoms with Gasteiger partial charge in [0.1, 0.15) is 5.75 Å². The van der Waals surface area contributed by atoms with E-state index >= 15 is 0 Å². The van der Waals surface area contributed by atoms with Gasteiger partial charge >= 0.3 is 0 Å². The van der Waals surface area contributed by atoms with Gasteiger partial charge in [-0.2, -0.15) is 4.98 Å². The monoisotopic (exact) mass is 355 g/mol. The number of nitrogens with zero attached hydrogens (tertiary/aromatic N) is 3. The zero-order valence-corrected chi connectivity index (χ0v) is 15.2. The summed E-state index contributed by atoms with van der Waals surface area (Å²) in [4.78, 5) is 18.8. The van der Waals surface area contributed by atoms with Crippen LogP contribution in [0.5, 0.6) is 5.75 Å². The van der Waals surface area contributed by atoms with E-state index in [9.17, 15) is 4.79 Å². The van der Waals surface area contributed by atoms with Crippen LogP contribution in [0.4, 0.5) is 0 Å². The van der Waals surface area contributed by atoms with Crippen LogP contribution in [0.1, 0.15) is 55.3 Å². The number of para-hydroxylation sites is 1. The van der Waals surface area contributed by atoms with E-state index in [0.717, 1.165) is 11.3 Å². The summed E-state index contributed by atoms with van der Waals surface area (Å²) in [6, 6.07) is 7.84. The molecular weight excluding hydrogens is 330 g/mol. The van der Waals surface area contributed by atoms with E-state index in [0.29, 0.717) is 43.6 Å². The molecule has 0 N–H and O–H groups in total. The number of amides is 1. The third-order valence-corrected chi connectivity index (χ3v) is 5.55. The van der Waals surface area contributed by atoms with E-state index in [1.165, 1.54) is 25.7 Å². The Bertz CT molecular complexity index is 761. The van der Waals surface area contributed by atoms with Crippen LogP contribution in [-0.4, -0.2) is 41.1 Å². The first-order valence-electron chi connectivity index (χ1n) is 9.45. The molecule has 1 aromatic carbocycles. The molecule has 2 aliphatic rings. The smallest absolute Gasteiger partial charge is 0.233 e. The highest BCUT2D eigenvalue weighted by Gasteiger charge is 2.36. The minimum Gasteiger partial charge on any atom is -0.496 e. The zero-order chi connectivity index (χ0) is 17.9. The fraction of sp³-hybridized carbons (Fsp3) is 0.550. The maximum atomic E-state index is 12.3. The van der Waals surface area contributed by atoms with Crippen molar-refractivity contribution in [3.05, 3.63) is 41.5 Å².